The van der Waals surface area contributed by atoms with E-state index in [0.29, 0.717) is 47.3 Å². The molecule has 202 valence electrons. The van der Waals surface area contributed by atoms with Gasteiger partial charge in [0.05, 0.1) is 54.9 Å². The summed E-state index contributed by atoms with van der Waals surface area (Å²) in [5.74, 6) is 2.35. The maximum atomic E-state index is 12.5. The molecule has 1 fully saturated rings. The van der Waals surface area contributed by atoms with Gasteiger partial charge in [-0.25, -0.2) is 4.79 Å². The normalized spacial score (nSPS) is 19.0. The molecule has 3 atom stereocenters. The van der Waals surface area contributed by atoms with E-state index in [2.05, 4.69) is 6.07 Å². The van der Waals surface area contributed by atoms with Crippen molar-refractivity contribution in [3.8, 4) is 28.7 Å². The number of rotatable bonds is 11. The fraction of sp³-hybridized carbons (Fsp3) is 0.464. The zero-order valence-electron chi connectivity index (χ0n) is 22.4. The smallest absolute Gasteiger partial charge is 0.333 e. The first-order chi connectivity index (χ1) is 17.4. The molecule has 0 aliphatic carbocycles. The zero-order chi connectivity index (χ0) is 26.2. The van der Waals surface area contributed by atoms with Crippen LogP contribution in [0, 0.1) is 17.9 Å². The second kappa shape index (κ2) is 14.3. The van der Waals surface area contributed by atoms with Crippen LogP contribution < -0.4 is 23.7 Å². The van der Waals surface area contributed by atoms with Gasteiger partial charge in [0.25, 0.3) is 0 Å². The summed E-state index contributed by atoms with van der Waals surface area (Å²) in [6.07, 6.45) is 2.08. The first-order valence-corrected chi connectivity index (χ1v) is 11.7. The Morgan fingerprint density at radius 2 is 1.65 bits per heavy atom. The van der Waals surface area contributed by atoms with E-state index in [1.165, 1.54) is 0 Å². The zero-order valence-corrected chi connectivity index (χ0v) is 24.4. The predicted molar refractivity (Wildman–Crippen MR) is 134 cm³/mol. The molecule has 1 heterocycles. The Labute approximate surface area is 233 Å². The minimum Gasteiger partial charge on any atom is -0.551 e. The summed E-state index contributed by atoms with van der Waals surface area (Å²) in [6, 6.07) is 10.7. The van der Waals surface area contributed by atoms with Crippen molar-refractivity contribution in [1.29, 1.82) is 0 Å². The molecule has 1 aliphatic heterocycles. The third-order valence-electron chi connectivity index (χ3n) is 6.51. The number of carbonyl (C=O) groups is 1. The van der Waals surface area contributed by atoms with Crippen LogP contribution in [0.2, 0.25) is 0 Å². The van der Waals surface area contributed by atoms with Gasteiger partial charge in [-0.3, -0.25) is 0 Å². The van der Waals surface area contributed by atoms with Crippen LogP contribution in [0.1, 0.15) is 31.1 Å². The molecule has 1 saturated heterocycles. The summed E-state index contributed by atoms with van der Waals surface area (Å²) >= 11 is 0. The summed E-state index contributed by atoms with van der Waals surface area (Å²) in [4.78, 5) is 12.5. The molecule has 2 aromatic carbocycles. The van der Waals surface area contributed by atoms with E-state index >= 15 is 0 Å². The Morgan fingerprint density at radius 1 is 1.00 bits per heavy atom. The number of esters is 1. The minimum atomic E-state index is -0.341. The van der Waals surface area contributed by atoms with Crippen molar-refractivity contribution in [1.82, 2.24) is 0 Å². The molecule has 0 bridgehead atoms. The Morgan fingerprint density at radius 3 is 2.19 bits per heavy atom. The molecule has 0 saturated carbocycles. The first kappa shape index (κ1) is 30.5. The van der Waals surface area contributed by atoms with Crippen LogP contribution in [0.25, 0.3) is 0 Å². The van der Waals surface area contributed by atoms with Crippen molar-refractivity contribution in [2.24, 2.45) is 11.8 Å². The van der Waals surface area contributed by atoms with E-state index in [9.17, 15) is 4.79 Å². The summed E-state index contributed by atoms with van der Waals surface area (Å²) in [6.45, 7) is 4.24. The van der Waals surface area contributed by atoms with E-state index < -0.39 is 0 Å². The fourth-order valence-electron chi connectivity index (χ4n) is 4.40. The van der Waals surface area contributed by atoms with Crippen molar-refractivity contribution >= 4 is 5.97 Å². The Balaban J connectivity index is 0.00000481. The second-order valence-corrected chi connectivity index (χ2v) is 8.52. The molecule has 37 heavy (non-hydrogen) atoms. The quantitative estimate of drug-likeness (QED) is 0.162. The Bertz CT molecular complexity index is 1060. The van der Waals surface area contributed by atoms with Crippen LogP contribution in [0.15, 0.2) is 35.9 Å². The molecule has 9 heteroatoms. The van der Waals surface area contributed by atoms with E-state index in [1.54, 1.807) is 48.5 Å². The van der Waals surface area contributed by atoms with Gasteiger partial charge in [-0.05, 0) is 37.5 Å². The molecule has 3 rings (SSSR count). The molecule has 0 unspecified atom stereocenters. The van der Waals surface area contributed by atoms with Gasteiger partial charge in [0, 0.05) is 44.1 Å². The number of benzene rings is 2. The molecule has 0 N–H and O–H groups in total. The summed E-state index contributed by atoms with van der Waals surface area (Å²) in [5.41, 5.74) is 2.44. The van der Waals surface area contributed by atoms with Crippen molar-refractivity contribution in [2.75, 3.05) is 48.8 Å². The van der Waals surface area contributed by atoms with E-state index in [0.717, 1.165) is 11.1 Å². The molecular formula is C28H35MoO8-. The van der Waals surface area contributed by atoms with Crippen LogP contribution in [0.4, 0.5) is 0 Å². The minimum absolute atomic E-state index is 0. The largest absolute Gasteiger partial charge is 0.551 e. The van der Waals surface area contributed by atoms with Crippen LogP contribution in [0.5, 0.6) is 28.7 Å². The SMILES string of the molecule is C/C=C(/C)C(=O)OC[C@H]1[C@@H](Cc2c[c-]c(OC)c(OC)c2)CO[C@@H]1c1cc(OC)c(OC)c(OC)c1.[Mo]. The molecule has 2 aromatic rings. The van der Waals surface area contributed by atoms with Crippen molar-refractivity contribution in [3.05, 3.63) is 53.1 Å². The van der Waals surface area contributed by atoms with Crippen LogP contribution in [-0.4, -0.2) is 54.7 Å². The maximum absolute atomic E-state index is 12.5. The van der Waals surface area contributed by atoms with Gasteiger partial charge in [0.2, 0.25) is 5.75 Å². The molecule has 0 radical (unpaired) electrons. The number of carbonyl (C=O) groups excluding carboxylic acids is 1. The van der Waals surface area contributed by atoms with Gasteiger partial charge < -0.3 is 33.2 Å². The number of ether oxygens (including phenoxy) is 7. The van der Waals surface area contributed by atoms with Crippen LogP contribution in [0.3, 0.4) is 0 Å². The van der Waals surface area contributed by atoms with Gasteiger partial charge in [0.15, 0.2) is 11.5 Å². The van der Waals surface area contributed by atoms with E-state index in [-0.39, 0.29) is 51.6 Å². The number of allylic oxidation sites excluding steroid dienone is 1. The average molecular weight is 596 g/mol. The van der Waals surface area contributed by atoms with Crippen molar-refractivity contribution in [3.63, 3.8) is 0 Å². The molecule has 0 aromatic heterocycles. The van der Waals surface area contributed by atoms with Gasteiger partial charge in [-0.15, -0.1) is 12.1 Å². The van der Waals surface area contributed by atoms with Gasteiger partial charge >= 0.3 is 5.97 Å². The monoisotopic (exact) mass is 597 g/mol. The first-order valence-electron chi connectivity index (χ1n) is 11.7. The second-order valence-electron chi connectivity index (χ2n) is 8.52. The van der Waals surface area contributed by atoms with Crippen molar-refractivity contribution in [2.45, 2.75) is 26.4 Å². The predicted octanol–water partition coefficient (Wildman–Crippen LogP) is 4.58. The Hall–Kier alpha value is -2.70. The molecule has 0 spiro atoms. The standard InChI is InChI=1S/C28H35O8.Mo/c1-8-17(2)28(29)36-16-21-20(11-18-9-10-22(30-3)23(12-18)31-4)15-35-26(21)19-13-24(32-5)27(34-7)25(14-19)33-6;/h8-9,12-14,20-21,26H,11,15-16H2,1-7H3;/q-1;/b17-8-;/t20-,21-,26+;/m0./s1. The summed E-state index contributed by atoms with van der Waals surface area (Å²) < 4.78 is 39.3. The Kier molecular flexibility index (Phi) is 11.8. The van der Waals surface area contributed by atoms with Gasteiger partial charge in [-0.1, -0.05) is 12.5 Å². The molecule has 1 aliphatic rings. The molecule has 0 amide bonds. The topological polar surface area (TPSA) is 81.7 Å². The van der Waals surface area contributed by atoms with Crippen LogP contribution >= 0.6 is 0 Å². The number of hydrogen-bond donors (Lipinski definition) is 0. The van der Waals surface area contributed by atoms with Gasteiger partial charge in [0.1, 0.15) is 0 Å². The number of methoxy groups -OCH3 is 5. The molecule has 8 nitrogen and oxygen atoms in total. The third-order valence-corrected chi connectivity index (χ3v) is 6.51. The van der Waals surface area contributed by atoms with E-state index in [1.807, 2.05) is 31.2 Å². The average Bonchev–Trinajstić information content (AvgIpc) is 3.31. The number of hydrogen-bond acceptors (Lipinski definition) is 8. The fourth-order valence-corrected chi connectivity index (χ4v) is 4.40. The summed E-state index contributed by atoms with van der Waals surface area (Å²) in [7, 11) is 7.89. The van der Waals surface area contributed by atoms with Gasteiger partial charge in [-0.2, -0.15) is 11.6 Å². The van der Waals surface area contributed by atoms with Crippen LogP contribution in [-0.2, 0) is 41.8 Å². The maximum Gasteiger partial charge on any atom is 0.333 e. The van der Waals surface area contributed by atoms with Crippen molar-refractivity contribution < 1.29 is 59.0 Å². The van der Waals surface area contributed by atoms with E-state index in [4.69, 9.17) is 33.2 Å². The summed E-state index contributed by atoms with van der Waals surface area (Å²) in [5, 5.41) is 0. The third kappa shape index (κ3) is 6.99. The molecular weight excluding hydrogens is 560 g/mol.